The molecule has 60 valence electrons. The smallest absolute Gasteiger partial charge is 0.155 e. The monoisotopic (exact) mass is 162 g/mol. The van der Waals surface area contributed by atoms with Crippen LogP contribution >= 0.6 is 0 Å². The summed E-state index contributed by atoms with van der Waals surface area (Å²) in [5.74, 6) is 0. The zero-order chi connectivity index (χ0) is 8.15. The molecule has 0 saturated carbocycles. The third-order valence-electron chi connectivity index (χ3n) is 1.32. The Bertz CT molecular complexity index is 143. The number of rotatable bonds is 4. The van der Waals surface area contributed by atoms with Gasteiger partial charge in [0.2, 0.25) is 0 Å². The van der Waals surface area contributed by atoms with E-state index in [-0.39, 0.29) is 5.25 Å². The molecule has 0 saturated heterocycles. The van der Waals surface area contributed by atoms with Crippen molar-refractivity contribution in [1.29, 1.82) is 0 Å². The van der Waals surface area contributed by atoms with E-state index in [1.165, 1.54) is 0 Å². The maximum absolute atomic E-state index is 10.4. The van der Waals surface area contributed by atoms with E-state index in [2.05, 4.69) is 6.58 Å². The lowest BCUT2D eigenvalue weighted by atomic mass is 10.1. The second kappa shape index (κ2) is 4.63. The minimum Gasteiger partial charge on any atom is -0.306 e. The molecule has 0 rings (SSSR count). The zero-order valence-electron chi connectivity index (χ0n) is 6.46. The highest BCUT2D eigenvalue weighted by molar-refractivity contribution is 7.79. The molecule has 0 aromatic carbocycles. The van der Waals surface area contributed by atoms with Crippen molar-refractivity contribution in [2.75, 3.05) is 0 Å². The maximum atomic E-state index is 10.4. The molecule has 3 heteroatoms. The van der Waals surface area contributed by atoms with E-state index in [0.29, 0.717) is 0 Å². The SMILES string of the molecule is C=C(C)CCC(C)S(=O)O. The summed E-state index contributed by atoms with van der Waals surface area (Å²) in [6.07, 6.45) is 1.59. The topological polar surface area (TPSA) is 37.3 Å². The van der Waals surface area contributed by atoms with Crippen LogP contribution in [0.2, 0.25) is 0 Å². The summed E-state index contributed by atoms with van der Waals surface area (Å²) < 4.78 is 19.0. The van der Waals surface area contributed by atoms with Crippen molar-refractivity contribution in [3.05, 3.63) is 12.2 Å². The molecule has 0 amide bonds. The molecule has 0 aliphatic heterocycles. The number of allylic oxidation sites excluding steroid dienone is 1. The summed E-state index contributed by atoms with van der Waals surface area (Å²) in [4.78, 5) is 0. The second-order valence-corrected chi connectivity index (χ2v) is 3.94. The fourth-order valence-corrected chi connectivity index (χ4v) is 0.870. The van der Waals surface area contributed by atoms with Gasteiger partial charge in [-0.05, 0) is 26.7 Å². The molecule has 0 fully saturated rings. The Labute approximate surface area is 64.6 Å². The van der Waals surface area contributed by atoms with Crippen molar-refractivity contribution in [3.8, 4) is 0 Å². The minimum absolute atomic E-state index is 0.128. The van der Waals surface area contributed by atoms with Crippen LogP contribution in [-0.4, -0.2) is 14.0 Å². The Hall–Kier alpha value is -0.150. The van der Waals surface area contributed by atoms with Crippen LogP contribution in [0.25, 0.3) is 0 Å². The van der Waals surface area contributed by atoms with Gasteiger partial charge in [0.15, 0.2) is 11.1 Å². The molecular formula is C7H14O2S. The lowest BCUT2D eigenvalue weighted by molar-refractivity contribution is 0.545. The van der Waals surface area contributed by atoms with Crippen molar-refractivity contribution in [3.63, 3.8) is 0 Å². The lowest BCUT2D eigenvalue weighted by Gasteiger charge is -2.04. The molecule has 0 aliphatic carbocycles. The fraction of sp³-hybridized carbons (Fsp3) is 0.714. The van der Waals surface area contributed by atoms with Crippen molar-refractivity contribution >= 4 is 11.1 Å². The summed E-state index contributed by atoms with van der Waals surface area (Å²) >= 11 is -1.67. The molecule has 0 spiro atoms. The van der Waals surface area contributed by atoms with Crippen LogP contribution in [0, 0.1) is 0 Å². The van der Waals surface area contributed by atoms with Gasteiger partial charge in [0, 0.05) is 0 Å². The number of hydrogen-bond donors (Lipinski definition) is 1. The lowest BCUT2D eigenvalue weighted by Crippen LogP contribution is -2.08. The first-order valence-corrected chi connectivity index (χ1v) is 4.45. The molecular weight excluding hydrogens is 148 g/mol. The standard InChI is InChI=1S/C7H14O2S/c1-6(2)4-5-7(3)10(8)9/h7H,1,4-5H2,2-3H3,(H,8,9). The Morgan fingerprint density at radius 1 is 1.80 bits per heavy atom. The van der Waals surface area contributed by atoms with Crippen LogP contribution in [-0.2, 0) is 11.1 Å². The van der Waals surface area contributed by atoms with E-state index in [4.69, 9.17) is 4.55 Å². The van der Waals surface area contributed by atoms with Gasteiger partial charge in [0.25, 0.3) is 0 Å². The molecule has 2 atom stereocenters. The molecule has 0 radical (unpaired) electrons. The van der Waals surface area contributed by atoms with Crippen molar-refractivity contribution in [2.45, 2.75) is 31.9 Å². The molecule has 2 nitrogen and oxygen atoms in total. The van der Waals surface area contributed by atoms with Crippen molar-refractivity contribution in [2.24, 2.45) is 0 Å². The van der Waals surface area contributed by atoms with Gasteiger partial charge in [-0.2, -0.15) is 0 Å². The van der Waals surface area contributed by atoms with Crippen LogP contribution in [0.3, 0.4) is 0 Å². The summed E-state index contributed by atoms with van der Waals surface area (Å²) in [6, 6.07) is 0. The van der Waals surface area contributed by atoms with Crippen molar-refractivity contribution in [1.82, 2.24) is 0 Å². The molecule has 0 aromatic rings. The predicted molar refractivity (Wildman–Crippen MR) is 44.3 cm³/mol. The Morgan fingerprint density at radius 3 is 2.60 bits per heavy atom. The summed E-state index contributed by atoms with van der Waals surface area (Å²) in [5, 5.41) is -0.128. The van der Waals surface area contributed by atoms with Crippen LogP contribution in [0.15, 0.2) is 12.2 Å². The Balaban J connectivity index is 3.49. The normalized spacial score (nSPS) is 16.3. The van der Waals surface area contributed by atoms with Gasteiger partial charge in [-0.15, -0.1) is 6.58 Å². The van der Waals surface area contributed by atoms with Gasteiger partial charge in [-0.3, -0.25) is 0 Å². The highest BCUT2D eigenvalue weighted by Crippen LogP contribution is 2.07. The van der Waals surface area contributed by atoms with Crippen LogP contribution in [0.4, 0.5) is 0 Å². The van der Waals surface area contributed by atoms with E-state index < -0.39 is 11.1 Å². The molecule has 1 N–H and O–H groups in total. The third-order valence-corrected chi connectivity index (χ3v) is 2.25. The van der Waals surface area contributed by atoms with E-state index in [1.54, 1.807) is 6.92 Å². The zero-order valence-corrected chi connectivity index (χ0v) is 7.28. The summed E-state index contributed by atoms with van der Waals surface area (Å²) in [5.41, 5.74) is 1.07. The first-order chi connectivity index (χ1) is 4.54. The van der Waals surface area contributed by atoms with Gasteiger partial charge >= 0.3 is 0 Å². The first kappa shape index (κ1) is 9.85. The second-order valence-electron chi connectivity index (χ2n) is 2.58. The highest BCUT2D eigenvalue weighted by atomic mass is 32.2. The average Bonchev–Trinajstić information content (AvgIpc) is 1.82. The number of hydrogen-bond acceptors (Lipinski definition) is 1. The third kappa shape index (κ3) is 4.70. The minimum atomic E-state index is -1.67. The molecule has 0 aromatic heterocycles. The van der Waals surface area contributed by atoms with E-state index in [0.717, 1.165) is 18.4 Å². The average molecular weight is 162 g/mol. The van der Waals surface area contributed by atoms with Crippen LogP contribution < -0.4 is 0 Å². The molecule has 0 bridgehead atoms. The largest absolute Gasteiger partial charge is 0.306 e. The Morgan fingerprint density at radius 2 is 2.30 bits per heavy atom. The fourth-order valence-electron chi connectivity index (χ4n) is 0.550. The molecule has 2 unspecified atom stereocenters. The first-order valence-electron chi connectivity index (χ1n) is 3.28. The van der Waals surface area contributed by atoms with Crippen molar-refractivity contribution < 1.29 is 8.76 Å². The van der Waals surface area contributed by atoms with E-state index in [1.807, 2.05) is 6.92 Å². The van der Waals surface area contributed by atoms with E-state index >= 15 is 0 Å². The quantitative estimate of drug-likeness (QED) is 0.507. The Kier molecular flexibility index (Phi) is 4.56. The van der Waals surface area contributed by atoms with Crippen LogP contribution in [0.5, 0.6) is 0 Å². The maximum Gasteiger partial charge on any atom is 0.155 e. The highest BCUT2D eigenvalue weighted by Gasteiger charge is 2.06. The van der Waals surface area contributed by atoms with Gasteiger partial charge < -0.3 is 4.55 Å². The summed E-state index contributed by atoms with van der Waals surface area (Å²) in [6.45, 7) is 7.39. The van der Waals surface area contributed by atoms with Gasteiger partial charge in [-0.1, -0.05) is 5.57 Å². The van der Waals surface area contributed by atoms with Crippen LogP contribution in [0.1, 0.15) is 26.7 Å². The van der Waals surface area contributed by atoms with Gasteiger partial charge in [0.1, 0.15) is 0 Å². The molecule has 0 aliphatic rings. The van der Waals surface area contributed by atoms with Gasteiger partial charge in [-0.25, -0.2) is 4.21 Å². The van der Waals surface area contributed by atoms with Gasteiger partial charge in [0.05, 0.1) is 5.25 Å². The summed E-state index contributed by atoms with van der Waals surface area (Å²) in [7, 11) is 0. The molecule has 10 heavy (non-hydrogen) atoms. The predicted octanol–water partition coefficient (Wildman–Crippen LogP) is 1.95. The van der Waals surface area contributed by atoms with E-state index in [9.17, 15) is 4.21 Å². The molecule has 0 heterocycles.